The summed E-state index contributed by atoms with van der Waals surface area (Å²) < 4.78 is 2.30. The highest BCUT2D eigenvalue weighted by atomic mass is 15.2. The average Bonchev–Trinajstić information content (AvgIpc) is 2.88. The molecule has 0 amide bonds. The molecular formula is C17H28N4. The molecule has 0 aliphatic rings. The average molecular weight is 288 g/mol. The van der Waals surface area contributed by atoms with Crippen LogP contribution in [-0.4, -0.2) is 40.1 Å². The molecule has 21 heavy (non-hydrogen) atoms. The van der Waals surface area contributed by atoms with Crippen molar-refractivity contribution in [1.82, 2.24) is 19.8 Å². The van der Waals surface area contributed by atoms with Gasteiger partial charge in [-0.1, -0.05) is 26.0 Å². The van der Waals surface area contributed by atoms with Crippen LogP contribution in [0.3, 0.4) is 0 Å². The van der Waals surface area contributed by atoms with Gasteiger partial charge in [0.15, 0.2) is 0 Å². The Morgan fingerprint density at radius 2 is 1.90 bits per heavy atom. The molecule has 1 N–H and O–H groups in total. The Balaban J connectivity index is 2.03. The molecule has 0 bridgehead atoms. The van der Waals surface area contributed by atoms with Crippen LogP contribution >= 0.6 is 0 Å². The van der Waals surface area contributed by atoms with Crippen LogP contribution in [0.4, 0.5) is 0 Å². The van der Waals surface area contributed by atoms with Gasteiger partial charge in [0.1, 0.15) is 5.82 Å². The molecule has 4 nitrogen and oxygen atoms in total. The lowest BCUT2D eigenvalue weighted by Crippen LogP contribution is -2.39. The number of imidazole rings is 1. The lowest BCUT2D eigenvalue weighted by atomic mass is 10.3. The van der Waals surface area contributed by atoms with E-state index in [2.05, 4.69) is 66.7 Å². The molecule has 1 aromatic heterocycles. The first-order chi connectivity index (χ1) is 10.2. The second-order valence-corrected chi connectivity index (χ2v) is 5.53. The molecule has 2 aromatic rings. The van der Waals surface area contributed by atoms with Crippen LogP contribution < -0.4 is 5.32 Å². The molecule has 0 saturated carbocycles. The Labute approximate surface area is 128 Å². The summed E-state index contributed by atoms with van der Waals surface area (Å²) in [7, 11) is 0. The normalized spacial score (nSPS) is 13.2. The number of nitrogens with one attached hydrogen (secondary N) is 1. The second kappa shape index (κ2) is 7.57. The minimum Gasteiger partial charge on any atom is -0.327 e. The van der Waals surface area contributed by atoms with Gasteiger partial charge >= 0.3 is 0 Å². The number of para-hydroxylation sites is 2. The lowest BCUT2D eigenvalue weighted by Gasteiger charge is -2.23. The van der Waals surface area contributed by atoms with E-state index in [0.29, 0.717) is 6.04 Å². The highest BCUT2D eigenvalue weighted by molar-refractivity contribution is 5.75. The molecule has 1 heterocycles. The monoisotopic (exact) mass is 288 g/mol. The van der Waals surface area contributed by atoms with Gasteiger partial charge in [-0.2, -0.15) is 0 Å². The van der Waals surface area contributed by atoms with Gasteiger partial charge in [-0.3, -0.25) is 0 Å². The fourth-order valence-electron chi connectivity index (χ4n) is 2.81. The van der Waals surface area contributed by atoms with Crippen molar-refractivity contribution in [2.24, 2.45) is 0 Å². The van der Waals surface area contributed by atoms with Crippen LogP contribution in [0.25, 0.3) is 11.0 Å². The largest absolute Gasteiger partial charge is 0.327 e. The van der Waals surface area contributed by atoms with Gasteiger partial charge in [0.05, 0.1) is 17.6 Å². The number of likely N-dealkylation sites (N-methyl/N-ethyl adjacent to an activating group) is 1. The zero-order valence-corrected chi connectivity index (χ0v) is 13.8. The van der Waals surface area contributed by atoms with E-state index in [1.807, 2.05) is 0 Å². The van der Waals surface area contributed by atoms with Crippen LogP contribution in [-0.2, 0) is 13.1 Å². The topological polar surface area (TPSA) is 33.1 Å². The van der Waals surface area contributed by atoms with Gasteiger partial charge in [0, 0.05) is 19.1 Å². The van der Waals surface area contributed by atoms with E-state index < -0.39 is 0 Å². The Morgan fingerprint density at radius 3 is 2.57 bits per heavy atom. The maximum atomic E-state index is 4.76. The molecule has 0 fully saturated rings. The molecule has 0 aliphatic carbocycles. The SMILES string of the molecule is CCN(CC)CC(C)NCc1nc2ccccc2n1CC. The maximum Gasteiger partial charge on any atom is 0.123 e. The molecule has 2 rings (SSSR count). The lowest BCUT2D eigenvalue weighted by molar-refractivity contribution is 0.269. The van der Waals surface area contributed by atoms with Crippen molar-refractivity contribution in [2.45, 2.75) is 46.8 Å². The van der Waals surface area contributed by atoms with E-state index >= 15 is 0 Å². The molecular weight excluding hydrogens is 260 g/mol. The van der Waals surface area contributed by atoms with Crippen molar-refractivity contribution >= 4 is 11.0 Å². The predicted octanol–water partition coefficient (Wildman–Crippen LogP) is 2.88. The summed E-state index contributed by atoms with van der Waals surface area (Å²) >= 11 is 0. The van der Waals surface area contributed by atoms with Crippen molar-refractivity contribution in [1.29, 1.82) is 0 Å². The second-order valence-electron chi connectivity index (χ2n) is 5.53. The summed E-state index contributed by atoms with van der Waals surface area (Å²) in [5.74, 6) is 1.13. The number of fused-ring (bicyclic) bond motifs is 1. The van der Waals surface area contributed by atoms with Crippen LogP contribution in [0, 0.1) is 0 Å². The molecule has 4 heteroatoms. The fraction of sp³-hybridized carbons (Fsp3) is 0.588. The maximum absolute atomic E-state index is 4.76. The highest BCUT2D eigenvalue weighted by Crippen LogP contribution is 2.15. The Morgan fingerprint density at radius 1 is 1.19 bits per heavy atom. The van der Waals surface area contributed by atoms with Crippen LogP contribution in [0.15, 0.2) is 24.3 Å². The van der Waals surface area contributed by atoms with Gasteiger partial charge in [-0.05, 0) is 39.1 Å². The van der Waals surface area contributed by atoms with Crippen molar-refractivity contribution in [3.63, 3.8) is 0 Å². The van der Waals surface area contributed by atoms with Gasteiger partial charge in [-0.25, -0.2) is 4.98 Å². The Hall–Kier alpha value is -1.39. The summed E-state index contributed by atoms with van der Waals surface area (Å²) in [6.07, 6.45) is 0. The number of hydrogen-bond acceptors (Lipinski definition) is 3. The van der Waals surface area contributed by atoms with E-state index in [-0.39, 0.29) is 0 Å². The molecule has 0 saturated heterocycles. The first-order valence-corrected chi connectivity index (χ1v) is 8.09. The molecule has 1 unspecified atom stereocenters. The highest BCUT2D eigenvalue weighted by Gasteiger charge is 2.11. The number of benzene rings is 1. The number of rotatable bonds is 8. The summed E-state index contributed by atoms with van der Waals surface area (Å²) in [4.78, 5) is 7.21. The third kappa shape index (κ3) is 3.83. The number of aryl methyl sites for hydroxylation is 1. The van der Waals surface area contributed by atoms with Crippen molar-refractivity contribution < 1.29 is 0 Å². The number of aromatic nitrogens is 2. The van der Waals surface area contributed by atoms with E-state index in [4.69, 9.17) is 4.98 Å². The molecule has 0 spiro atoms. The van der Waals surface area contributed by atoms with Crippen LogP contribution in [0.5, 0.6) is 0 Å². The quantitative estimate of drug-likeness (QED) is 0.811. The zero-order valence-electron chi connectivity index (χ0n) is 13.8. The molecule has 116 valence electrons. The van der Waals surface area contributed by atoms with Crippen molar-refractivity contribution in [3.8, 4) is 0 Å². The van der Waals surface area contributed by atoms with E-state index in [1.54, 1.807) is 0 Å². The predicted molar refractivity (Wildman–Crippen MR) is 89.5 cm³/mol. The van der Waals surface area contributed by atoms with Crippen molar-refractivity contribution in [3.05, 3.63) is 30.1 Å². The summed E-state index contributed by atoms with van der Waals surface area (Å²) in [5.41, 5.74) is 2.32. The molecule has 1 atom stereocenters. The van der Waals surface area contributed by atoms with Gasteiger partial charge in [0.2, 0.25) is 0 Å². The van der Waals surface area contributed by atoms with Crippen LogP contribution in [0.2, 0.25) is 0 Å². The van der Waals surface area contributed by atoms with E-state index in [0.717, 1.165) is 44.1 Å². The van der Waals surface area contributed by atoms with E-state index in [9.17, 15) is 0 Å². The zero-order chi connectivity index (χ0) is 15.2. The van der Waals surface area contributed by atoms with Gasteiger partial charge in [0.25, 0.3) is 0 Å². The van der Waals surface area contributed by atoms with Gasteiger partial charge < -0.3 is 14.8 Å². The summed E-state index contributed by atoms with van der Waals surface area (Å²) in [6, 6.07) is 8.83. The first-order valence-electron chi connectivity index (χ1n) is 8.09. The first kappa shape index (κ1) is 16.0. The molecule has 0 radical (unpaired) electrons. The smallest absolute Gasteiger partial charge is 0.123 e. The van der Waals surface area contributed by atoms with Crippen LogP contribution in [0.1, 0.15) is 33.5 Å². The van der Waals surface area contributed by atoms with Gasteiger partial charge in [-0.15, -0.1) is 0 Å². The number of nitrogens with zero attached hydrogens (tertiary/aromatic N) is 3. The standard InChI is InChI=1S/C17H28N4/c1-5-20(6-2)13-14(4)18-12-17-19-15-10-8-9-11-16(15)21(17)7-3/h8-11,14,18H,5-7,12-13H2,1-4H3. The fourth-order valence-corrected chi connectivity index (χ4v) is 2.81. The third-order valence-electron chi connectivity index (χ3n) is 4.08. The minimum atomic E-state index is 0.468. The summed E-state index contributed by atoms with van der Waals surface area (Å²) in [6.45, 7) is 13.9. The Bertz CT molecular complexity index is 557. The minimum absolute atomic E-state index is 0.468. The third-order valence-corrected chi connectivity index (χ3v) is 4.08. The van der Waals surface area contributed by atoms with Crippen molar-refractivity contribution in [2.75, 3.05) is 19.6 Å². The summed E-state index contributed by atoms with van der Waals surface area (Å²) in [5, 5.41) is 3.61. The number of hydrogen-bond donors (Lipinski definition) is 1. The molecule has 0 aliphatic heterocycles. The van der Waals surface area contributed by atoms with E-state index in [1.165, 1.54) is 5.52 Å². The molecule has 1 aromatic carbocycles. The Kier molecular flexibility index (Phi) is 5.76.